The minimum Gasteiger partial charge on any atom is -0.446 e. The zero-order valence-electron chi connectivity index (χ0n) is 24.8. The number of benzene rings is 1. The van der Waals surface area contributed by atoms with E-state index in [1.54, 1.807) is 44.2 Å². The summed E-state index contributed by atoms with van der Waals surface area (Å²) in [4.78, 5) is 37.0. The van der Waals surface area contributed by atoms with Crippen LogP contribution in [0.25, 0.3) is 0 Å². The van der Waals surface area contributed by atoms with Gasteiger partial charge in [-0.3, -0.25) is 4.52 Å². The zero-order chi connectivity index (χ0) is 32.1. The van der Waals surface area contributed by atoms with Crippen molar-refractivity contribution in [2.24, 2.45) is 11.8 Å². The van der Waals surface area contributed by atoms with E-state index in [0.29, 0.717) is 24.1 Å². The maximum atomic E-state index is 13.8. The van der Waals surface area contributed by atoms with E-state index in [9.17, 15) is 32.6 Å². The molecule has 3 heterocycles. The molecule has 0 saturated carbocycles. The number of phosphoric ester groups is 1. The van der Waals surface area contributed by atoms with Gasteiger partial charge in [0.15, 0.2) is 11.3 Å². The normalized spacial score (nSPS) is 21.7. The fourth-order valence-corrected chi connectivity index (χ4v) is 7.32. The van der Waals surface area contributed by atoms with Gasteiger partial charge in [-0.1, -0.05) is 57.1 Å². The fourth-order valence-electron chi connectivity index (χ4n) is 5.23. The first-order valence-corrected chi connectivity index (χ1v) is 17.3. The standard InChI is InChI=1S/C27H39BN3O11PS/c1-18(2)15-31(44(37,38)25-10-9-20(14-29-25)28(3)33)16-23(42-43(34,35)36)22(13-19-7-5-4-6-8-19)30-27(32)41-24-17-40-26-21(24)11-12-39-26/h4-10,14,18,21-24,26,33H,11-13,15-17H2,1-3H3,(H,30,32)(H2,34,35,36)/t21-,22-,23+,24?,26+/m0/s1. The third-order valence-corrected chi connectivity index (χ3v) is 9.66. The molecule has 1 unspecified atom stereocenters. The number of nitrogens with one attached hydrogen (secondary N) is 1. The Labute approximate surface area is 257 Å². The molecule has 1 aromatic carbocycles. The van der Waals surface area contributed by atoms with Gasteiger partial charge in [-0.05, 0) is 35.9 Å². The Kier molecular flexibility index (Phi) is 11.6. The highest BCUT2D eigenvalue weighted by atomic mass is 32.2. The van der Waals surface area contributed by atoms with Crippen molar-refractivity contribution in [3.05, 3.63) is 54.2 Å². The van der Waals surface area contributed by atoms with Crippen molar-refractivity contribution in [3.8, 4) is 0 Å². The second-order valence-corrected chi connectivity index (χ2v) is 14.4. The molecule has 0 spiro atoms. The van der Waals surface area contributed by atoms with Crippen molar-refractivity contribution in [1.82, 2.24) is 14.6 Å². The number of carbonyl (C=O) groups excluding carboxylic acids is 1. The van der Waals surface area contributed by atoms with Crippen LogP contribution < -0.4 is 10.8 Å². The van der Waals surface area contributed by atoms with Crippen molar-refractivity contribution in [1.29, 1.82) is 0 Å². The van der Waals surface area contributed by atoms with Gasteiger partial charge in [0, 0.05) is 19.3 Å². The van der Waals surface area contributed by atoms with E-state index < -0.39 is 61.9 Å². The van der Waals surface area contributed by atoms with Gasteiger partial charge in [0.1, 0.15) is 12.2 Å². The molecule has 5 atom stereocenters. The van der Waals surface area contributed by atoms with Gasteiger partial charge < -0.3 is 34.3 Å². The van der Waals surface area contributed by atoms with Crippen LogP contribution in [0.15, 0.2) is 53.7 Å². The average molecular weight is 655 g/mol. The SMILES string of the molecule is CB(O)c1ccc(S(=O)(=O)N(CC(C)C)C[C@@H](OP(=O)(O)O)[C@H](Cc2ccccc2)NC(=O)OC2CO[C@H]3OCC[C@@H]23)nc1. The second-order valence-electron chi connectivity index (χ2n) is 11.4. The van der Waals surface area contributed by atoms with Crippen LogP contribution in [0.1, 0.15) is 25.8 Å². The Balaban J connectivity index is 1.64. The number of phosphoric acid groups is 1. The van der Waals surface area contributed by atoms with Gasteiger partial charge in [-0.2, -0.15) is 4.31 Å². The number of nitrogens with zero attached hydrogens (tertiary/aromatic N) is 2. The molecule has 44 heavy (non-hydrogen) atoms. The van der Waals surface area contributed by atoms with Crippen molar-refractivity contribution >= 4 is 36.3 Å². The van der Waals surface area contributed by atoms with Gasteiger partial charge >= 0.3 is 20.8 Å². The summed E-state index contributed by atoms with van der Waals surface area (Å²) in [6.07, 6.45) is -1.51. The molecular weight excluding hydrogens is 616 g/mol. The number of carbonyl (C=O) groups is 1. The summed E-state index contributed by atoms with van der Waals surface area (Å²) in [5.41, 5.74) is 1.11. The molecule has 242 valence electrons. The number of sulfonamides is 1. The zero-order valence-corrected chi connectivity index (χ0v) is 26.5. The van der Waals surface area contributed by atoms with E-state index in [1.807, 2.05) is 0 Å². The van der Waals surface area contributed by atoms with E-state index in [1.165, 1.54) is 25.2 Å². The van der Waals surface area contributed by atoms with Crippen LogP contribution in [0.4, 0.5) is 4.79 Å². The van der Waals surface area contributed by atoms with Crippen molar-refractivity contribution < 1.29 is 51.3 Å². The minimum atomic E-state index is -5.19. The highest BCUT2D eigenvalue weighted by molar-refractivity contribution is 7.89. The largest absolute Gasteiger partial charge is 0.469 e. The number of hydrogen-bond acceptors (Lipinski definition) is 10. The lowest BCUT2D eigenvalue weighted by molar-refractivity contribution is -0.0907. The van der Waals surface area contributed by atoms with E-state index >= 15 is 0 Å². The lowest BCUT2D eigenvalue weighted by Gasteiger charge is -2.33. The molecule has 1 amide bonds. The molecule has 0 radical (unpaired) electrons. The predicted molar refractivity (Wildman–Crippen MR) is 159 cm³/mol. The lowest BCUT2D eigenvalue weighted by Crippen LogP contribution is -2.52. The van der Waals surface area contributed by atoms with Crippen LogP contribution >= 0.6 is 7.82 Å². The molecular formula is C27H39BN3O11PS. The smallest absolute Gasteiger partial charge is 0.446 e. The molecule has 2 fully saturated rings. The first-order chi connectivity index (χ1) is 20.7. The summed E-state index contributed by atoms with van der Waals surface area (Å²) in [7, 11) is -9.51. The number of amides is 1. The maximum Gasteiger partial charge on any atom is 0.469 e. The van der Waals surface area contributed by atoms with Gasteiger partial charge in [-0.15, -0.1) is 0 Å². The summed E-state index contributed by atoms with van der Waals surface area (Å²) in [5, 5.41) is 12.2. The summed E-state index contributed by atoms with van der Waals surface area (Å²) in [5.74, 6) is -0.346. The number of hydrogen-bond donors (Lipinski definition) is 4. The molecule has 2 aliphatic rings. The molecule has 2 saturated heterocycles. The molecule has 14 nitrogen and oxygen atoms in total. The van der Waals surface area contributed by atoms with E-state index in [0.717, 1.165) is 4.31 Å². The Bertz CT molecular complexity index is 1400. The van der Waals surface area contributed by atoms with Crippen LogP contribution in [-0.4, -0.2) is 96.4 Å². The molecule has 17 heteroatoms. The molecule has 2 aliphatic heterocycles. The maximum absolute atomic E-state index is 13.8. The lowest BCUT2D eigenvalue weighted by atomic mass is 9.65. The first-order valence-electron chi connectivity index (χ1n) is 14.4. The molecule has 0 bridgehead atoms. The third-order valence-electron chi connectivity index (χ3n) is 7.36. The van der Waals surface area contributed by atoms with Crippen molar-refractivity contribution in [2.75, 3.05) is 26.3 Å². The first kappa shape index (κ1) is 34.5. The topological polar surface area (TPSA) is 194 Å². The molecule has 2 aromatic rings. The molecule has 0 aliphatic carbocycles. The van der Waals surface area contributed by atoms with Crippen LogP contribution in [0.3, 0.4) is 0 Å². The van der Waals surface area contributed by atoms with Crippen LogP contribution in [-0.2, 0) is 39.7 Å². The number of fused-ring (bicyclic) bond motifs is 1. The second kappa shape index (κ2) is 14.8. The highest BCUT2D eigenvalue weighted by Crippen LogP contribution is 2.39. The Morgan fingerprint density at radius 2 is 1.91 bits per heavy atom. The van der Waals surface area contributed by atoms with Crippen molar-refractivity contribution in [3.63, 3.8) is 0 Å². The summed E-state index contributed by atoms with van der Waals surface area (Å²) >= 11 is 0. The molecule has 1 aromatic heterocycles. The number of ether oxygens (including phenoxy) is 3. The minimum absolute atomic E-state index is 0.0356. The third kappa shape index (κ3) is 9.31. The van der Waals surface area contributed by atoms with Crippen LogP contribution in [0.5, 0.6) is 0 Å². The van der Waals surface area contributed by atoms with Gasteiger partial charge in [0.05, 0.1) is 25.2 Å². The number of aromatic nitrogens is 1. The predicted octanol–water partition coefficient (Wildman–Crippen LogP) is 1.13. The Morgan fingerprint density at radius 1 is 1.18 bits per heavy atom. The molecule has 4 N–H and O–H groups in total. The highest BCUT2D eigenvalue weighted by Gasteiger charge is 2.44. The van der Waals surface area contributed by atoms with Gasteiger partial charge in [0.25, 0.3) is 10.0 Å². The number of pyridine rings is 1. The summed E-state index contributed by atoms with van der Waals surface area (Å²) in [6, 6.07) is 10.4. The fraction of sp³-hybridized carbons (Fsp3) is 0.556. The van der Waals surface area contributed by atoms with Crippen molar-refractivity contribution in [2.45, 2.75) is 63.1 Å². The summed E-state index contributed by atoms with van der Waals surface area (Å²) < 4.78 is 62.7. The number of alkyl carbamates (subject to hydrolysis) is 1. The van der Waals surface area contributed by atoms with E-state index in [-0.39, 0.29) is 36.4 Å². The molecule has 4 rings (SSSR count). The van der Waals surface area contributed by atoms with Crippen LogP contribution in [0.2, 0.25) is 6.82 Å². The van der Waals surface area contributed by atoms with E-state index in [2.05, 4.69) is 10.3 Å². The van der Waals surface area contributed by atoms with E-state index in [4.69, 9.17) is 18.7 Å². The Hall–Kier alpha value is -2.40. The summed E-state index contributed by atoms with van der Waals surface area (Å²) in [6.45, 7) is 4.25. The van der Waals surface area contributed by atoms with Gasteiger partial charge in [-0.25, -0.2) is 22.8 Å². The monoisotopic (exact) mass is 655 g/mol. The Morgan fingerprint density at radius 3 is 2.52 bits per heavy atom. The van der Waals surface area contributed by atoms with Gasteiger partial charge in [0.2, 0.25) is 0 Å². The quantitative estimate of drug-likeness (QED) is 0.168. The number of rotatable bonds is 14. The average Bonchev–Trinajstić information content (AvgIpc) is 3.57. The van der Waals surface area contributed by atoms with Crippen LogP contribution in [0, 0.1) is 11.8 Å².